The third kappa shape index (κ3) is 3.29. The van der Waals surface area contributed by atoms with Crippen LogP contribution in [0.25, 0.3) is 22.3 Å². The van der Waals surface area contributed by atoms with Gasteiger partial charge < -0.3 is 9.47 Å². The molecule has 192 valence electrons. The molecule has 5 aromatic carbocycles. The molecule has 0 amide bonds. The number of fused-ring (bicyclic) bond motifs is 6. The van der Waals surface area contributed by atoms with E-state index in [0.717, 1.165) is 47.0 Å². The number of allylic oxidation sites excluding steroid dienone is 4. The second-order valence-electron chi connectivity index (χ2n) is 10.9. The third-order valence-electron chi connectivity index (χ3n) is 8.49. The van der Waals surface area contributed by atoms with Crippen molar-refractivity contribution in [3.63, 3.8) is 0 Å². The van der Waals surface area contributed by atoms with Crippen molar-refractivity contribution >= 4 is 0 Å². The number of rotatable bonds is 3. The van der Waals surface area contributed by atoms with E-state index >= 15 is 0 Å². The largest absolute Gasteiger partial charge is 0.449 e. The Balaban J connectivity index is 1.33. The Hall–Kier alpha value is -4.82. The molecule has 0 radical (unpaired) electrons. The normalized spacial score (nSPS) is 18.0. The van der Waals surface area contributed by atoms with Crippen LogP contribution in [0.4, 0.5) is 0 Å². The van der Waals surface area contributed by atoms with Crippen molar-refractivity contribution in [2.45, 2.75) is 25.2 Å². The second-order valence-corrected chi connectivity index (χ2v) is 10.9. The topological polar surface area (TPSA) is 18.5 Å². The molecule has 40 heavy (non-hydrogen) atoms. The van der Waals surface area contributed by atoms with Gasteiger partial charge in [-0.1, -0.05) is 115 Å². The first-order valence-electron chi connectivity index (χ1n) is 14.0. The molecule has 0 bridgehead atoms. The summed E-state index contributed by atoms with van der Waals surface area (Å²) in [6.45, 7) is 2.12. The molecule has 1 heterocycles. The first kappa shape index (κ1) is 23.1. The molecule has 0 saturated heterocycles. The van der Waals surface area contributed by atoms with Gasteiger partial charge in [-0.3, -0.25) is 0 Å². The molecule has 0 fully saturated rings. The third-order valence-corrected chi connectivity index (χ3v) is 8.49. The maximum atomic E-state index is 6.75. The quantitative estimate of drug-likeness (QED) is 0.233. The zero-order valence-corrected chi connectivity index (χ0v) is 22.4. The van der Waals surface area contributed by atoms with Gasteiger partial charge in [-0.15, -0.1) is 0 Å². The summed E-state index contributed by atoms with van der Waals surface area (Å²) in [5.74, 6) is 3.02. The molecule has 1 atom stereocenters. The number of benzene rings is 5. The van der Waals surface area contributed by atoms with Crippen LogP contribution in [-0.4, -0.2) is 0 Å². The van der Waals surface area contributed by atoms with Crippen LogP contribution in [0, 0.1) is 6.92 Å². The molecule has 2 heteroatoms. The van der Waals surface area contributed by atoms with Gasteiger partial charge >= 0.3 is 0 Å². The van der Waals surface area contributed by atoms with E-state index in [4.69, 9.17) is 9.47 Å². The van der Waals surface area contributed by atoms with Crippen LogP contribution in [-0.2, 0) is 5.41 Å². The average molecular weight is 517 g/mol. The van der Waals surface area contributed by atoms with Crippen LogP contribution in [0.1, 0.15) is 35.1 Å². The van der Waals surface area contributed by atoms with Crippen molar-refractivity contribution in [1.82, 2.24) is 0 Å². The lowest BCUT2D eigenvalue weighted by Gasteiger charge is -2.36. The number of hydrogen-bond donors (Lipinski definition) is 0. The van der Waals surface area contributed by atoms with Gasteiger partial charge in [0.15, 0.2) is 23.0 Å². The van der Waals surface area contributed by atoms with Gasteiger partial charge in [-0.2, -0.15) is 0 Å². The summed E-state index contributed by atoms with van der Waals surface area (Å²) in [6, 6.07) is 38.8. The summed E-state index contributed by atoms with van der Waals surface area (Å²) in [7, 11) is 0. The van der Waals surface area contributed by atoms with Crippen molar-refractivity contribution < 1.29 is 9.47 Å². The lowest BCUT2D eigenvalue weighted by Crippen LogP contribution is -2.29. The first-order chi connectivity index (χ1) is 19.7. The highest BCUT2D eigenvalue weighted by molar-refractivity contribution is 5.92. The van der Waals surface area contributed by atoms with E-state index < -0.39 is 5.41 Å². The van der Waals surface area contributed by atoms with E-state index in [-0.39, 0.29) is 0 Å². The van der Waals surface area contributed by atoms with Gasteiger partial charge in [0.1, 0.15) is 0 Å². The fraction of sp³-hybridized carbons (Fsp3) is 0.105. The van der Waals surface area contributed by atoms with E-state index in [1.807, 2.05) is 6.07 Å². The summed E-state index contributed by atoms with van der Waals surface area (Å²) in [6.07, 6.45) is 9.16. The molecule has 5 aromatic rings. The van der Waals surface area contributed by atoms with E-state index in [9.17, 15) is 0 Å². The maximum Gasteiger partial charge on any atom is 0.178 e. The van der Waals surface area contributed by atoms with Gasteiger partial charge in [-0.25, -0.2) is 0 Å². The molecule has 2 aliphatic carbocycles. The fourth-order valence-electron chi connectivity index (χ4n) is 6.77. The lowest BCUT2D eigenvalue weighted by molar-refractivity contribution is 0.360. The van der Waals surface area contributed by atoms with Crippen LogP contribution < -0.4 is 9.47 Å². The predicted molar refractivity (Wildman–Crippen MR) is 161 cm³/mol. The standard InChI is InChI=1S/C38H28O2/c1-25-11-10-12-26(23-25)27-19-21-33-35(24-27)39-34-22-20-32-36(37(34)40-33)30-17-8-9-18-31(30)38(32,28-13-4-2-5-14-28)29-15-6-3-7-16-29/h2,4-6,8-24H,3,7H2,1H3. The Kier molecular flexibility index (Phi) is 5.12. The van der Waals surface area contributed by atoms with Gasteiger partial charge in [0.2, 0.25) is 0 Å². The van der Waals surface area contributed by atoms with Crippen molar-refractivity contribution in [3.8, 4) is 45.3 Å². The summed E-state index contributed by atoms with van der Waals surface area (Å²) < 4.78 is 13.3. The van der Waals surface area contributed by atoms with E-state index in [0.29, 0.717) is 0 Å². The summed E-state index contributed by atoms with van der Waals surface area (Å²) in [4.78, 5) is 0. The Labute approximate surface area is 234 Å². The van der Waals surface area contributed by atoms with E-state index in [1.165, 1.54) is 39.0 Å². The highest BCUT2D eigenvalue weighted by atomic mass is 16.6. The van der Waals surface area contributed by atoms with Crippen molar-refractivity contribution in [2.75, 3.05) is 0 Å². The summed E-state index contributed by atoms with van der Waals surface area (Å²) in [5.41, 5.74) is 10.5. The number of aryl methyl sites for hydroxylation is 1. The van der Waals surface area contributed by atoms with Crippen LogP contribution in [0.15, 0.2) is 133 Å². The molecule has 8 rings (SSSR count). The van der Waals surface area contributed by atoms with Crippen LogP contribution in [0.2, 0.25) is 0 Å². The first-order valence-corrected chi connectivity index (χ1v) is 14.0. The number of ether oxygens (including phenoxy) is 2. The molecule has 1 aliphatic heterocycles. The van der Waals surface area contributed by atoms with Crippen molar-refractivity contribution in [1.29, 1.82) is 0 Å². The minimum atomic E-state index is -0.419. The molecule has 0 saturated carbocycles. The highest BCUT2D eigenvalue weighted by Crippen LogP contribution is 2.62. The van der Waals surface area contributed by atoms with E-state index in [1.54, 1.807) is 0 Å². The average Bonchev–Trinajstić information content (AvgIpc) is 3.32. The summed E-state index contributed by atoms with van der Waals surface area (Å²) >= 11 is 0. The molecular weight excluding hydrogens is 488 g/mol. The Morgan fingerprint density at radius 3 is 2.30 bits per heavy atom. The molecule has 3 aliphatic rings. The monoisotopic (exact) mass is 516 g/mol. The highest BCUT2D eigenvalue weighted by Gasteiger charge is 2.48. The fourth-order valence-corrected chi connectivity index (χ4v) is 6.77. The van der Waals surface area contributed by atoms with Crippen LogP contribution in [0.5, 0.6) is 23.0 Å². The van der Waals surface area contributed by atoms with Gasteiger partial charge in [0, 0.05) is 5.56 Å². The molecule has 0 aromatic heterocycles. The van der Waals surface area contributed by atoms with E-state index in [2.05, 4.69) is 128 Å². The van der Waals surface area contributed by atoms with Gasteiger partial charge in [0.05, 0.1) is 5.41 Å². The number of hydrogen-bond acceptors (Lipinski definition) is 2. The zero-order valence-electron chi connectivity index (χ0n) is 22.4. The summed E-state index contributed by atoms with van der Waals surface area (Å²) in [5, 5.41) is 0. The molecule has 2 nitrogen and oxygen atoms in total. The van der Waals surface area contributed by atoms with Gasteiger partial charge in [0.25, 0.3) is 0 Å². The molecule has 0 spiro atoms. The minimum absolute atomic E-state index is 0.419. The SMILES string of the molecule is Cc1cccc(-c2ccc3c(c2)Oc2ccc4c(c2O3)-c2ccccc2C4(C2=CCCC=C2)c2ccccc2)c1. The Bertz CT molecular complexity index is 1860. The molecule has 1 unspecified atom stereocenters. The second kappa shape index (κ2) is 8.86. The lowest BCUT2D eigenvalue weighted by atomic mass is 9.66. The minimum Gasteiger partial charge on any atom is -0.449 e. The molecule has 0 N–H and O–H groups in total. The zero-order chi connectivity index (χ0) is 26.7. The van der Waals surface area contributed by atoms with Crippen molar-refractivity contribution in [3.05, 3.63) is 155 Å². The van der Waals surface area contributed by atoms with Gasteiger partial charge in [-0.05, 0) is 76.9 Å². The Morgan fingerprint density at radius 1 is 0.625 bits per heavy atom. The molecular formula is C38H28O2. The Morgan fingerprint density at radius 2 is 1.45 bits per heavy atom. The van der Waals surface area contributed by atoms with Crippen LogP contribution >= 0.6 is 0 Å². The maximum absolute atomic E-state index is 6.75. The smallest absolute Gasteiger partial charge is 0.178 e. The van der Waals surface area contributed by atoms with Crippen molar-refractivity contribution in [2.24, 2.45) is 0 Å². The van der Waals surface area contributed by atoms with Crippen LogP contribution in [0.3, 0.4) is 0 Å². The predicted octanol–water partition coefficient (Wildman–Crippen LogP) is 10.2.